The van der Waals surface area contributed by atoms with Crippen molar-refractivity contribution < 1.29 is 9.47 Å². The summed E-state index contributed by atoms with van der Waals surface area (Å²) in [6.45, 7) is 6.19. The van der Waals surface area contributed by atoms with Crippen LogP contribution in [-0.2, 0) is 11.2 Å². The average Bonchev–Trinajstić information content (AvgIpc) is 2.49. The molecule has 1 aromatic rings. The number of nitrogens with zero attached hydrogens (tertiary/aromatic N) is 1. The van der Waals surface area contributed by atoms with Gasteiger partial charge >= 0.3 is 0 Å². The predicted octanol–water partition coefficient (Wildman–Crippen LogP) is 3.10. The van der Waals surface area contributed by atoms with E-state index in [0.717, 1.165) is 30.2 Å². The van der Waals surface area contributed by atoms with E-state index in [-0.39, 0.29) is 30.0 Å². The van der Waals surface area contributed by atoms with E-state index in [9.17, 15) is 0 Å². The summed E-state index contributed by atoms with van der Waals surface area (Å²) in [5.74, 6) is 1.55. The molecule has 0 aliphatic carbocycles. The van der Waals surface area contributed by atoms with E-state index >= 15 is 0 Å². The monoisotopic (exact) mass is 455 g/mol. The van der Waals surface area contributed by atoms with Crippen molar-refractivity contribution in [3.05, 3.63) is 28.8 Å². The highest BCUT2D eigenvalue weighted by Crippen LogP contribution is 2.22. The minimum Gasteiger partial charge on any atom is -0.497 e. The number of ether oxygens (including phenoxy) is 2. The largest absolute Gasteiger partial charge is 0.497 e. The highest BCUT2D eigenvalue weighted by atomic mass is 127. The van der Waals surface area contributed by atoms with Gasteiger partial charge in [0.05, 0.1) is 13.7 Å². The summed E-state index contributed by atoms with van der Waals surface area (Å²) in [5.41, 5.74) is 1.06. The fraction of sp³-hybridized carbons (Fsp3) is 0.562. The Morgan fingerprint density at radius 3 is 2.65 bits per heavy atom. The van der Waals surface area contributed by atoms with Crippen LogP contribution >= 0.6 is 35.6 Å². The quantitative estimate of drug-likeness (QED) is 0.359. The van der Waals surface area contributed by atoms with Gasteiger partial charge in [-0.15, -0.1) is 24.0 Å². The molecule has 1 rings (SSSR count). The third-order valence-electron chi connectivity index (χ3n) is 3.06. The maximum atomic E-state index is 6.23. The Morgan fingerprint density at radius 1 is 1.35 bits per heavy atom. The highest BCUT2D eigenvalue weighted by Gasteiger charge is 2.05. The topological polar surface area (TPSA) is 54.9 Å². The predicted molar refractivity (Wildman–Crippen MR) is 108 cm³/mol. The Morgan fingerprint density at radius 2 is 2.09 bits per heavy atom. The molecule has 1 atom stereocenters. The number of rotatable bonds is 8. The van der Waals surface area contributed by atoms with Gasteiger partial charge in [0, 0.05) is 31.3 Å². The molecule has 0 saturated carbocycles. The first kappa shape index (κ1) is 22.3. The standard InChI is InChI=1S/C16H26ClN3O2.HI/c1-5-18-16(20-12(2)11-21-3)19-9-8-13-6-7-14(22-4)10-15(13)17;/h6-7,10,12H,5,8-9,11H2,1-4H3,(H2,18,19,20);1H. The summed E-state index contributed by atoms with van der Waals surface area (Å²) in [6.07, 6.45) is 0.776. The Balaban J connectivity index is 0.00000484. The third-order valence-corrected chi connectivity index (χ3v) is 3.41. The van der Waals surface area contributed by atoms with Crippen LogP contribution in [-0.4, -0.2) is 45.9 Å². The minimum atomic E-state index is 0. The zero-order valence-corrected chi connectivity index (χ0v) is 17.3. The van der Waals surface area contributed by atoms with Gasteiger partial charge < -0.3 is 20.1 Å². The van der Waals surface area contributed by atoms with Crippen molar-refractivity contribution in [2.75, 3.05) is 33.9 Å². The molecule has 7 heteroatoms. The Labute approximate surface area is 161 Å². The van der Waals surface area contributed by atoms with Crippen LogP contribution in [0.3, 0.4) is 0 Å². The molecule has 132 valence electrons. The first-order valence-corrected chi connectivity index (χ1v) is 7.84. The molecule has 0 saturated heterocycles. The van der Waals surface area contributed by atoms with Crippen molar-refractivity contribution in [2.45, 2.75) is 26.3 Å². The van der Waals surface area contributed by atoms with E-state index in [1.807, 2.05) is 25.1 Å². The third kappa shape index (κ3) is 8.62. The molecule has 1 aromatic carbocycles. The summed E-state index contributed by atoms with van der Waals surface area (Å²) in [7, 11) is 3.32. The number of nitrogens with one attached hydrogen (secondary N) is 2. The van der Waals surface area contributed by atoms with Crippen LogP contribution in [0, 0.1) is 0 Å². The molecule has 0 aromatic heterocycles. The lowest BCUT2D eigenvalue weighted by atomic mass is 10.1. The Hall–Kier alpha value is -0.730. The molecule has 1 unspecified atom stereocenters. The molecule has 0 amide bonds. The molecule has 0 bridgehead atoms. The van der Waals surface area contributed by atoms with Crippen LogP contribution in [0.25, 0.3) is 0 Å². The second-order valence-corrected chi connectivity index (χ2v) is 5.38. The lowest BCUT2D eigenvalue weighted by Crippen LogP contribution is -2.44. The molecule has 0 aliphatic rings. The van der Waals surface area contributed by atoms with Gasteiger partial charge in [-0.05, 0) is 38.0 Å². The molecule has 0 heterocycles. The van der Waals surface area contributed by atoms with Gasteiger partial charge in [0.2, 0.25) is 0 Å². The molecule has 23 heavy (non-hydrogen) atoms. The lowest BCUT2D eigenvalue weighted by Gasteiger charge is -2.17. The van der Waals surface area contributed by atoms with Crippen molar-refractivity contribution in [1.82, 2.24) is 10.6 Å². The van der Waals surface area contributed by atoms with Crippen molar-refractivity contribution in [1.29, 1.82) is 0 Å². The Bertz CT molecular complexity index is 486. The summed E-state index contributed by atoms with van der Waals surface area (Å²) >= 11 is 6.23. The maximum absolute atomic E-state index is 6.23. The highest BCUT2D eigenvalue weighted by molar-refractivity contribution is 14.0. The summed E-state index contributed by atoms with van der Waals surface area (Å²) in [5, 5.41) is 7.23. The summed E-state index contributed by atoms with van der Waals surface area (Å²) < 4.78 is 10.3. The average molecular weight is 456 g/mol. The summed E-state index contributed by atoms with van der Waals surface area (Å²) in [4.78, 5) is 4.56. The van der Waals surface area contributed by atoms with Crippen LogP contribution in [0.2, 0.25) is 5.02 Å². The first-order valence-electron chi connectivity index (χ1n) is 7.46. The fourth-order valence-electron chi connectivity index (χ4n) is 1.99. The second kappa shape index (κ2) is 12.7. The van der Waals surface area contributed by atoms with E-state index < -0.39 is 0 Å². The number of guanidine groups is 1. The normalized spacial score (nSPS) is 12.3. The molecule has 0 radical (unpaired) electrons. The summed E-state index contributed by atoms with van der Waals surface area (Å²) in [6, 6.07) is 5.91. The van der Waals surface area contributed by atoms with Crippen LogP contribution in [0.15, 0.2) is 23.2 Å². The van der Waals surface area contributed by atoms with Gasteiger partial charge in [-0.3, -0.25) is 4.99 Å². The molecule has 0 fully saturated rings. The van der Waals surface area contributed by atoms with Gasteiger partial charge in [-0.2, -0.15) is 0 Å². The van der Waals surface area contributed by atoms with E-state index in [1.165, 1.54) is 0 Å². The fourth-order valence-corrected chi connectivity index (χ4v) is 2.26. The number of hydrogen-bond donors (Lipinski definition) is 2. The van der Waals surface area contributed by atoms with E-state index in [4.69, 9.17) is 21.1 Å². The van der Waals surface area contributed by atoms with Crippen LogP contribution in [0.4, 0.5) is 0 Å². The van der Waals surface area contributed by atoms with Crippen molar-refractivity contribution >= 4 is 41.5 Å². The number of benzene rings is 1. The van der Waals surface area contributed by atoms with Gasteiger partial charge in [0.25, 0.3) is 0 Å². The van der Waals surface area contributed by atoms with Gasteiger partial charge in [0.1, 0.15) is 5.75 Å². The SMILES string of the molecule is CCNC(=NCCc1ccc(OC)cc1Cl)NC(C)COC.I. The molecule has 2 N–H and O–H groups in total. The maximum Gasteiger partial charge on any atom is 0.191 e. The number of halogens is 2. The zero-order valence-electron chi connectivity index (χ0n) is 14.2. The number of aliphatic imine (C=N–C) groups is 1. The minimum absolute atomic E-state index is 0. The molecular weight excluding hydrogens is 429 g/mol. The van der Waals surface area contributed by atoms with Crippen molar-refractivity contribution in [2.24, 2.45) is 4.99 Å². The molecular formula is C16H27ClIN3O2. The number of methoxy groups -OCH3 is 2. The van der Waals surface area contributed by atoms with Crippen molar-refractivity contribution in [3.8, 4) is 5.75 Å². The van der Waals surface area contributed by atoms with Crippen LogP contribution < -0.4 is 15.4 Å². The van der Waals surface area contributed by atoms with E-state index in [2.05, 4.69) is 22.5 Å². The van der Waals surface area contributed by atoms with Gasteiger partial charge in [-0.25, -0.2) is 0 Å². The smallest absolute Gasteiger partial charge is 0.191 e. The lowest BCUT2D eigenvalue weighted by molar-refractivity contribution is 0.179. The molecule has 0 spiro atoms. The van der Waals surface area contributed by atoms with Gasteiger partial charge in [0.15, 0.2) is 5.96 Å². The molecule has 0 aliphatic heterocycles. The van der Waals surface area contributed by atoms with Crippen molar-refractivity contribution in [3.63, 3.8) is 0 Å². The first-order chi connectivity index (χ1) is 10.6. The zero-order chi connectivity index (χ0) is 16.4. The van der Waals surface area contributed by atoms with Gasteiger partial charge in [-0.1, -0.05) is 17.7 Å². The second-order valence-electron chi connectivity index (χ2n) is 4.97. The van der Waals surface area contributed by atoms with E-state index in [0.29, 0.717) is 18.2 Å². The van der Waals surface area contributed by atoms with Crippen LogP contribution in [0.1, 0.15) is 19.4 Å². The van der Waals surface area contributed by atoms with E-state index in [1.54, 1.807) is 14.2 Å². The van der Waals surface area contributed by atoms with Crippen LogP contribution in [0.5, 0.6) is 5.75 Å². The Kier molecular flexibility index (Phi) is 12.3. The number of hydrogen-bond acceptors (Lipinski definition) is 3. The molecule has 5 nitrogen and oxygen atoms in total.